The van der Waals surface area contributed by atoms with Gasteiger partial charge in [0.1, 0.15) is 12.4 Å². The predicted octanol–water partition coefficient (Wildman–Crippen LogP) is 2.31. The minimum Gasteiger partial charge on any atom is -0.491 e. The van der Waals surface area contributed by atoms with Crippen LogP contribution in [-0.4, -0.2) is 29.9 Å². The second-order valence-electron chi connectivity index (χ2n) is 4.72. The lowest BCUT2D eigenvalue weighted by atomic mass is 10.1. The molecule has 0 spiro atoms. The maximum Gasteiger partial charge on any atom is 0.332 e. The predicted molar refractivity (Wildman–Crippen MR) is 66.9 cm³/mol. The van der Waals surface area contributed by atoms with Crippen molar-refractivity contribution in [1.82, 2.24) is 0 Å². The highest BCUT2D eigenvalue weighted by Gasteiger charge is 2.30. The first-order valence-electron chi connectivity index (χ1n) is 6.14. The van der Waals surface area contributed by atoms with Gasteiger partial charge in [-0.05, 0) is 49.9 Å². The van der Waals surface area contributed by atoms with Crippen molar-refractivity contribution in [3.8, 4) is 5.75 Å². The third-order valence-electron chi connectivity index (χ3n) is 3.30. The van der Waals surface area contributed by atoms with Crippen LogP contribution in [0.25, 0.3) is 0 Å². The summed E-state index contributed by atoms with van der Waals surface area (Å²) in [5.41, 5.74) is 2.41. The average Bonchev–Trinajstić information content (AvgIpc) is 2.79. The Morgan fingerprint density at radius 3 is 2.78 bits per heavy atom. The van der Waals surface area contributed by atoms with Crippen molar-refractivity contribution in [1.29, 1.82) is 0 Å². The summed E-state index contributed by atoms with van der Waals surface area (Å²) in [4.78, 5) is 10.7. The third kappa shape index (κ3) is 3.01. The Bertz CT molecular complexity index is 441. The Hall–Kier alpha value is -1.55. The zero-order valence-electron chi connectivity index (χ0n) is 10.7. The maximum absolute atomic E-state index is 10.7. The van der Waals surface area contributed by atoms with Gasteiger partial charge in [-0.1, -0.05) is 6.07 Å². The summed E-state index contributed by atoms with van der Waals surface area (Å²) in [6, 6.07) is 5.92. The van der Waals surface area contributed by atoms with Crippen LogP contribution in [0, 0.1) is 13.8 Å². The number of ether oxygens (including phenoxy) is 2. The van der Waals surface area contributed by atoms with E-state index in [4.69, 9.17) is 14.6 Å². The molecule has 1 aromatic carbocycles. The molecule has 1 aromatic rings. The second kappa shape index (κ2) is 5.40. The van der Waals surface area contributed by atoms with E-state index < -0.39 is 12.1 Å². The molecule has 1 N–H and O–H groups in total. The zero-order valence-corrected chi connectivity index (χ0v) is 10.7. The summed E-state index contributed by atoms with van der Waals surface area (Å²) < 4.78 is 11.0. The van der Waals surface area contributed by atoms with E-state index in [1.807, 2.05) is 25.1 Å². The van der Waals surface area contributed by atoms with E-state index >= 15 is 0 Å². The van der Waals surface area contributed by atoms with Gasteiger partial charge in [0, 0.05) is 0 Å². The van der Waals surface area contributed by atoms with E-state index in [1.165, 1.54) is 11.1 Å². The fraction of sp³-hybridized carbons (Fsp3) is 0.500. The monoisotopic (exact) mass is 250 g/mol. The van der Waals surface area contributed by atoms with E-state index in [-0.39, 0.29) is 6.10 Å². The fourth-order valence-electron chi connectivity index (χ4n) is 2.00. The van der Waals surface area contributed by atoms with Crippen LogP contribution >= 0.6 is 0 Å². The molecule has 1 aliphatic rings. The van der Waals surface area contributed by atoms with E-state index in [9.17, 15) is 4.79 Å². The summed E-state index contributed by atoms with van der Waals surface area (Å²) in [5.74, 6) is -0.0795. The van der Waals surface area contributed by atoms with Crippen LogP contribution in [0.15, 0.2) is 18.2 Å². The maximum atomic E-state index is 10.7. The largest absolute Gasteiger partial charge is 0.491 e. The van der Waals surface area contributed by atoms with E-state index in [0.29, 0.717) is 13.0 Å². The molecule has 0 saturated carbocycles. The number of hydrogen-bond acceptors (Lipinski definition) is 3. The number of aliphatic carboxylic acids is 1. The minimum absolute atomic E-state index is 0.118. The summed E-state index contributed by atoms with van der Waals surface area (Å²) in [6.07, 6.45) is 0.518. The quantitative estimate of drug-likeness (QED) is 0.891. The lowest BCUT2D eigenvalue weighted by Gasteiger charge is -2.13. The zero-order chi connectivity index (χ0) is 13.1. The number of benzene rings is 1. The molecule has 1 heterocycles. The smallest absolute Gasteiger partial charge is 0.332 e. The molecule has 2 atom stereocenters. The Labute approximate surface area is 107 Å². The van der Waals surface area contributed by atoms with Gasteiger partial charge in [0.15, 0.2) is 6.10 Å². The third-order valence-corrected chi connectivity index (χ3v) is 3.30. The molecule has 1 fully saturated rings. The molecule has 2 rings (SSSR count). The van der Waals surface area contributed by atoms with Crippen molar-refractivity contribution >= 4 is 5.97 Å². The molecule has 0 bridgehead atoms. The highest BCUT2D eigenvalue weighted by molar-refractivity contribution is 5.72. The van der Waals surface area contributed by atoms with Crippen LogP contribution in [0.3, 0.4) is 0 Å². The summed E-state index contributed by atoms with van der Waals surface area (Å²) >= 11 is 0. The number of carboxylic acid groups (broad SMARTS) is 1. The summed E-state index contributed by atoms with van der Waals surface area (Å²) in [6.45, 7) is 4.50. The molecule has 2 unspecified atom stereocenters. The highest BCUT2D eigenvalue weighted by Crippen LogP contribution is 2.22. The standard InChI is InChI=1S/C14H18O4/c1-9-3-4-11(7-10(9)2)17-8-12-5-6-13(18-12)14(15)16/h3-4,7,12-13H,5-6,8H2,1-2H3,(H,15,16). The normalized spacial score (nSPS) is 23.0. The first kappa shape index (κ1) is 12.9. The van der Waals surface area contributed by atoms with Gasteiger partial charge in [0.2, 0.25) is 0 Å². The molecule has 1 saturated heterocycles. The number of rotatable bonds is 4. The number of carboxylic acids is 1. The molecular weight excluding hydrogens is 232 g/mol. The highest BCUT2D eigenvalue weighted by atomic mass is 16.6. The Kier molecular flexibility index (Phi) is 3.87. The van der Waals surface area contributed by atoms with Crippen LogP contribution < -0.4 is 4.74 Å². The fourth-order valence-corrected chi connectivity index (χ4v) is 2.00. The topological polar surface area (TPSA) is 55.8 Å². The first-order valence-corrected chi connectivity index (χ1v) is 6.14. The molecule has 0 amide bonds. The SMILES string of the molecule is Cc1ccc(OCC2CCC(C(=O)O)O2)cc1C. The Morgan fingerprint density at radius 1 is 1.39 bits per heavy atom. The van der Waals surface area contributed by atoms with Gasteiger partial charge in [0.25, 0.3) is 0 Å². The summed E-state index contributed by atoms with van der Waals surface area (Å²) in [7, 11) is 0. The van der Waals surface area contributed by atoms with Gasteiger partial charge in [-0.2, -0.15) is 0 Å². The summed E-state index contributed by atoms with van der Waals surface area (Å²) in [5, 5.41) is 8.82. The van der Waals surface area contributed by atoms with Crippen molar-refractivity contribution in [2.24, 2.45) is 0 Å². The Balaban J connectivity index is 1.85. The van der Waals surface area contributed by atoms with Crippen molar-refractivity contribution in [2.45, 2.75) is 38.9 Å². The second-order valence-corrected chi connectivity index (χ2v) is 4.72. The molecule has 98 valence electrons. The molecule has 1 aliphatic heterocycles. The van der Waals surface area contributed by atoms with E-state index in [1.54, 1.807) is 0 Å². The Morgan fingerprint density at radius 2 is 2.17 bits per heavy atom. The van der Waals surface area contributed by atoms with Gasteiger partial charge in [-0.25, -0.2) is 4.79 Å². The van der Waals surface area contributed by atoms with Crippen LogP contribution in [0.2, 0.25) is 0 Å². The lowest BCUT2D eigenvalue weighted by molar-refractivity contribution is -0.149. The number of hydrogen-bond donors (Lipinski definition) is 1. The molecule has 4 nitrogen and oxygen atoms in total. The van der Waals surface area contributed by atoms with Gasteiger partial charge in [-0.15, -0.1) is 0 Å². The molecule has 0 aliphatic carbocycles. The molecule has 0 aromatic heterocycles. The van der Waals surface area contributed by atoms with Gasteiger partial charge in [-0.3, -0.25) is 0 Å². The minimum atomic E-state index is -0.885. The lowest BCUT2D eigenvalue weighted by Crippen LogP contribution is -2.23. The van der Waals surface area contributed by atoms with E-state index in [2.05, 4.69) is 6.92 Å². The molecule has 18 heavy (non-hydrogen) atoms. The van der Waals surface area contributed by atoms with E-state index in [0.717, 1.165) is 12.2 Å². The first-order chi connectivity index (χ1) is 8.56. The number of carbonyl (C=O) groups is 1. The average molecular weight is 250 g/mol. The number of aryl methyl sites for hydroxylation is 2. The van der Waals surface area contributed by atoms with Crippen LogP contribution in [0.5, 0.6) is 5.75 Å². The van der Waals surface area contributed by atoms with Crippen molar-refractivity contribution in [3.05, 3.63) is 29.3 Å². The van der Waals surface area contributed by atoms with Crippen molar-refractivity contribution in [3.63, 3.8) is 0 Å². The van der Waals surface area contributed by atoms with Crippen LogP contribution in [0.1, 0.15) is 24.0 Å². The van der Waals surface area contributed by atoms with Gasteiger partial charge in [0.05, 0.1) is 6.10 Å². The molecule has 0 radical (unpaired) electrons. The molecule has 4 heteroatoms. The van der Waals surface area contributed by atoms with Crippen molar-refractivity contribution in [2.75, 3.05) is 6.61 Å². The van der Waals surface area contributed by atoms with Crippen LogP contribution in [-0.2, 0) is 9.53 Å². The van der Waals surface area contributed by atoms with Crippen LogP contribution in [0.4, 0.5) is 0 Å². The van der Waals surface area contributed by atoms with Gasteiger partial charge < -0.3 is 14.6 Å². The van der Waals surface area contributed by atoms with Gasteiger partial charge >= 0.3 is 5.97 Å². The molecular formula is C14H18O4. The van der Waals surface area contributed by atoms with Crippen molar-refractivity contribution < 1.29 is 19.4 Å².